The van der Waals surface area contributed by atoms with Crippen LogP contribution in [0.2, 0.25) is 0 Å². The number of hydrogen-bond donors (Lipinski definition) is 3. The average molecular weight is 297 g/mol. The molecule has 22 heavy (non-hydrogen) atoms. The van der Waals surface area contributed by atoms with Gasteiger partial charge in [0, 0.05) is 12.6 Å². The Morgan fingerprint density at radius 1 is 1.09 bits per heavy atom. The summed E-state index contributed by atoms with van der Waals surface area (Å²) >= 11 is 0. The zero-order chi connectivity index (χ0) is 15.9. The van der Waals surface area contributed by atoms with Gasteiger partial charge in [-0.3, -0.25) is 4.79 Å². The molecule has 2 aromatic rings. The van der Waals surface area contributed by atoms with Crippen LogP contribution in [0.5, 0.6) is 11.5 Å². The first-order valence-electron chi connectivity index (χ1n) is 7.14. The Balaban J connectivity index is 1.92. The predicted octanol–water partition coefficient (Wildman–Crippen LogP) is 2.99. The van der Waals surface area contributed by atoms with E-state index in [0.29, 0.717) is 12.1 Å². The van der Waals surface area contributed by atoms with Gasteiger partial charge in [0.1, 0.15) is 0 Å². The van der Waals surface area contributed by atoms with Crippen LogP contribution in [0.25, 0.3) is 6.08 Å². The Labute approximate surface area is 129 Å². The van der Waals surface area contributed by atoms with Crippen molar-refractivity contribution in [3.63, 3.8) is 0 Å². The second-order valence-corrected chi connectivity index (χ2v) is 4.97. The van der Waals surface area contributed by atoms with E-state index in [0.717, 1.165) is 12.0 Å². The monoisotopic (exact) mass is 297 g/mol. The normalized spacial score (nSPS) is 10.8. The smallest absolute Gasteiger partial charge is 0.244 e. The largest absolute Gasteiger partial charge is 0.504 e. The van der Waals surface area contributed by atoms with Gasteiger partial charge in [-0.05, 0) is 41.3 Å². The first kappa shape index (κ1) is 15.6. The van der Waals surface area contributed by atoms with Crippen molar-refractivity contribution in [3.8, 4) is 11.5 Å². The molecule has 114 valence electrons. The summed E-state index contributed by atoms with van der Waals surface area (Å²) in [4.78, 5) is 11.8. The van der Waals surface area contributed by atoms with E-state index in [-0.39, 0.29) is 17.4 Å². The molecule has 0 aliphatic heterocycles. The fourth-order valence-corrected chi connectivity index (χ4v) is 2.02. The van der Waals surface area contributed by atoms with Crippen molar-refractivity contribution in [2.24, 2.45) is 0 Å². The van der Waals surface area contributed by atoms with E-state index in [9.17, 15) is 15.0 Å². The second-order valence-electron chi connectivity index (χ2n) is 4.97. The van der Waals surface area contributed by atoms with Gasteiger partial charge in [0.2, 0.25) is 5.91 Å². The lowest BCUT2D eigenvalue weighted by molar-refractivity contribution is -0.116. The Morgan fingerprint density at radius 2 is 1.86 bits per heavy atom. The molecule has 0 radical (unpaired) electrons. The molecule has 0 spiro atoms. The van der Waals surface area contributed by atoms with Crippen LogP contribution in [0, 0.1) is 0 Å². The molecule has 0 aromatic heterocycles. The number of amides is 1. The fourth-order valence-electron chi connectivity index (χ4n) is 2.02. The van der Waals surface area contributed by atoms with Crippen LogP contribution < -0.4 is 5.32 Å². The molecule has 0 atom stereocenters. The highest BCUT2D eigenvalue weighted by molar-refractivity contribution is 5.91. The molecule has 0 saturated heterocycles. The van der Waals surface area contributed by atoms with Crippen molar-refractivity contribution < 1.29 is 15.0 Å². The quantitative estimate of drug-likeness (QED) is 0.587. The Bertz CT molecular complexity index is 692. The minimum Gasteiger partial charge on any atom is -0.504 e. The summed E-state index contributed by atoms with van der Waals surface area (Å²) in [6.07, 6.45) is 3.94. The van der Waals surface area contributed by atoms with E-state index in [1.165, 1.54) is 23.8 Å². The first-order chi connectivity index (χ1) is 10.6. The number of nitrogens with one attached hydrogen (secondary N) is 1. The van der Waals surface area contributed by atoms with Crippen molar-refractivity contribution in [2.45, 2.75) is 19.9 Å². The minimum atomic E-state index is -0.213. The maximum atomic E-state index is 11.8. The molecule has 4 nitrogen and oxygen atoms in total. The third-order valence-corrected chi connectivity index (χ3v) is 3.29. The number of phenolic OH excluding ortho intramolecular Hbond substituents is 2. The van der Waals surface area contributed by atoms with Gasteiger partial charge in [-0.25, -0.2) is 0 Å². The number of hydrogen-bond acceptors (Lipinski definition) is 3. The summed E-state index contributed by atoms with van der Waals surface area (Å²) in [5.74, 6) is -0.606. The van der Waals surface area contributed by atoms with Gasteiger partial charge in [-0.1, -0.05) is 37.3 Å². The molecule has 0 fully saturated rings. The van der Waals surface area contributed by atoms with Crippen molar-refractivity contribution in [3.05, 3.63) is 65.2 Å². The SMILES string of the molecule is CCc1cccc(CNC(=O)/C=C/c2ccc(O)c(O)c2)c1. The first-order valence-corrected chi connectivity index (χ1v) is 7.14. The highest BCUT2D eigenvalue weighted by Gasteiger charge is 2.00. The average Bonchev–Trinajstić information content (AvgIpc) is 2.54. The number of rotatable bonds is 5. The number of carbonyl (C=O) groups is 1. The molecule has 0 aliphatic rings. The van der Waals surface area contributed by atoms with Crippen LogP contribution in [-0.4, -0.2) is 16.1 Å². The maximum Gasteiger partial charge on any atom is 0.244 e. The van der Waals surface area contributed by atoms with Crippen molar-refractivity contribution >= 4 is 12.0 Å². The van der Waals surface area contributed by atoms with E-state index in [1.807, 2.05) is 12.1 Å². The van der Waals surface area contributed by atoms with Crippen LogP contribution in [0.1, 0.15) is 23.6 Å². The van der Waals surface area contributed by atoms with Crippen LogP contribution >= 0.6 is 0 Å². The highest BCUT2D eigenvalue weighted by Crippen LogP contribution is 2.25. The van der Waals surface area contributed by atoms with Crippen molar-refractivity contribution in [2.75, 3.05) is 0 Å². The zero-order valence-electron chi connectivity index (χ0n) is 12.4. The van der Waals surface area contributed by atoms with E-state index in [4.69, 9.17) is 0 Å². The Morgan fingerprint density at radius 3 is 2.59 bits per heavy atom. The minimum absolute atomic E-state index is 0.183. The van der Waals surface area contributed by atoms with Gasteiger partial charge in [-0.15, -0.1) is 0 Å². The molecule has 4 heteroatoms. The number of benzene rings is 2. The lowest BCUT2D eigenvalue weighted by Crippen LogP contribution is -2.20. The van der Waals surface area contributed by atoms with Gasteiger partial charge < -0.3 is 15.5 Å². The molecule has 0 saturated carbocycles. The van der Waals surface area contributed by atoms with E-state index < -0.39 is 0 Å². The van der Waals surface area contributed by atoms with E-state index in [1.54, 1.807) is 12.1 Å². The third kappa shape index (κ3) is 4.38. The molecule has 3 N–H and O–H groups in total. The molecule has 0 aliphatic carbocycles. The van der Waals surface area contributed by atoms with Gasteiger partial charge in [-0.2, -0.15) is 0 Å². The third-order valence-electron chi connectivity index (χ3n) is 3.29. The van der Waals surface area contributed by atoms with Crippen LogP contribution in [0.3, 0.4) is 0 Å². The number of aromatic hydroxyl groups is 2. The fraction of sp³-hybridized carbons (Fsp3) is 0.167. The van der Waals surface area contributed by atoms with Gasteiger partial charge in [0.15, 0.2) is 11.5 Å². The van der Waals surface area contributed by atoms with Crippen LogP contribution in [0.15, 0.2) is 48.5 Å². The molecule has 0 unspecified atom stereocenters. The summed E-state index contributed by atoms with van der Waals surface area (Å²) in [5.41, 5.74) is 2.93. The topological polar surface area (TPSA) is 69.6 Å². The standard InChI is InChI=1S/C18H19NO3/c1-2-13-4-3-5-15(10-13)12-19-18(22)9-7-14-6-8-16(20)17(21)11-14/h3-11,20-21H,2,12H2,1H3,(H,19,22)/b9-7+. The van der Waals surface area contributed by atoms with Crippen LogP contribution in [-0.2, 0) is 17.8 Å². The Kier molecular flexibility index (Phi) is 5.20. The predicted molar refractivity (Wildman–Crippen MR) is 86.5 cm³/mol. The number of aryl methyl sites for hydroxylation is 1. The lowest BCUT2D eigenvalue weighted by Gasteiger charge is -2.04. The summed E-state index contributed by atoms with van der Waals surface area (Å²) in [6, 6.07) is 12.5. The molecular weight excluding hydrogens is 278 g/mol. The van der Waals surface area contributed by atoms with Crippen molar-refractivity contribution in [1.29, 1.82) is 0 Å². The van der Waals surface area contributed by atoms with Gasteiger partial charge >= 0.3 is 0 Å². The zero-order valence-corrected chi connectivity index (χ0v) is 12.4. The molecule has 2 rings (SSSR count). The molecule has 0 bridgehead atoms. The summed E-state index contributed by atoms with van der Waals surface area (Å²) in [5, 5.41) is 21.4. The molecule has 0 heterocycles. The van der Waals surface area contributed by atoms with Gasteiger partial charge in [0.25, 0.3) is 0 Å². The summed E-state index contributed by atoms with van der Waals surface area (Å²) < 4.78 is 0. The summed E-state index contributed by atoms with van der Waals surface area (Å²) in [6.45, 7) is 2.56. The van der Waals surface area contributed by atoms with E-state index in [2.05, 4.69) is 24.4 Å². The molecule has 2 aromatic carbocycles. The van der Waals surface area contributed by atoms with E-state index >= 15 is 0 Å². The van der Waals surface area contributed by atoms with Gasteiger partial charge in [0.05, 0.1) is 0 Å². The summed E-state index contributed by atoms with van der Waals surface area (Å²) in [7, 11) is 0. The Hall–Kier alpha value is -2.75. The lowest BCUT2D eigenvalue weighted by atomic mass is 10.1. The number of phenols is 2. The highest BCUT2D eigenvalue weighted by atomic mass is 16.3. The second kappa shape index (κ2) is 7.31. The molecule has 1 amide bonds. The maximum absolute atomic E-state index is 11.8. The van der Waals surface area contributed by atoms with Crippen LogP contribution in [0.4, 0.5) is 0 Å². The van der Waals surface area contributed by atoms with Crippen molar-refractivity contribution in [1.82, 2.24) is 5.32 Å². The molecular formula is C18H19NO3. The number of carbonyl (C=O) groups excluding carboxylic acids is 1.